The predicted octanol–water partition coefficient (Wildman–Crippen LogP) is 0.597. The fraction of sp³-hybridized carbons (Fsp3) is 0.0909. The van der Waals surface area contributed by atoms with Crippen LogP contribution in [0.1, 0.15) is 10.4 Å². The molecule has 2 heterocycles. The summed E-state index contributed by atoms with van der Waals surface area (Å²) in [5, 5.41) is 9.05. The summed E-state index contributed by atoms with van der Waals surface area (Å²) in [5.74, 6) is -0.510. The summed E-state index contributed by atoms with van der Waals surface area (Å²) in [6, 6.07) is 4.54. The Morgan fingerprint density at radius 3 is 2.50 bits per heavy atom. The van der Waals surface area contributed by atoms with E-state index in [2.05, 4.69) is 15.0 Å². The van der Waals surface area contributed by atoms with Crippen LogP contribution >= 0.6 is 0 Å². The number of ether oxygens (including phenoxy) is 1. The van der Waals surface area contributed by atoms with Crippen molar-refractivity contribution < 1.29 is 14.6 Å². The van der Waals surface area contributed by atoms with Gasteiger partial charge in [-0.25, -0.2) is 19.7 Å². The number of hydrogen-bond acceptors (Lipinski definition) is 5. The minimum absolute atomic E-state index is 0. The van der Waals surface area contributed by atoms with Gasteiger partial charge >= 0.3 is 57.4 Å². The van der Waals surface area contributed by atoms with Gasteiger partial charge in [0.2, 0.25) is 5.88 Å². The number of nitrogens with zero attached hydrogens (tertiary/aromatic N) is 3. The van der Waals surface area contributed by atoms with Gasteiger partial charge in [0.15, 0.2) is 5.82 Å². The molecule has 0 fully saturated rings. The summed E-state index contributed by atoms with van der Waals surface area (Å²) >= 11 is 0. The van der Waals surface area contributed by atoms with Crippen LogP contribution in [0.3, 0.4) is 0 Å². The minimum atomic E-state index is -1.08. The first-order valence-corrected chi connectivity index (χ1v) is 4.78. The molecule has 0 spiro atoms. The molecule has 6 nitrogen and oxygen atoms in total. The molecule has 0 aromatic carbocycles. The van der Waals surface area contributed by atoms with Crippen molar-refractivity contribution >= 4 is 57.4 Å². The molecule has 0 aliphatic rings. The van der Waals surface area contributed by atoms with E-state index in [9.17, 15) is 4.79 Å². The second kappa shape index (κ2) is 6.91. The molecular weight excluding hydrogens is 261 g/mol. The van der Waals surface area contributed by atoms with Gasteiger partial charge in [0.1, 0.15) is 5.69 Å². The third kappa shape index (κ3) is 3.33. The van der Waals surface area contributed by atoms with E-state index in [-0.39, 0.29) is 68.5 Å². The maximum absolute atomic E-state index is 11.1. The topological polar surface area (TPSA) is 85.2 Å². The van der Waals surface area contributed by atoms with E-state index in [1.165, 1.54) is 31.6 Å². The van der Waals surface area contributed by atoms with Crippen LogP contribution in [0.15, 0.2) is 30.6 Å². The van der Waals surface area contributed by atoms with Crippen LogP contribution in [-0.4, -0.2) is 84.5 Å². The number of pyridine rings is 1. The summed E-state index contributed by atoms with van der Waals surface area (Å²) in [4.78, 5) is 23.1. The third-order valence-corrected chi connectivity index (χ3v) is 2.09. The van der Waals surface area contributed by atoms with Crippen LogP contribution in [0.4, 0.5) is 0 Å². The predicted molar refractivity (Wildman–Crippen MR) is 65.9 cm³/mol. The summed E-state index contributed by atoms with van der Waals surface area (Å²) in [5.41, 5.74) is 0.231. The molecule has 2 rings (SSSR count). The number of carbonyl (C=O) groups is 1. The van der Waals surface area contributed by atoms with Gasteiger partial charge < -0.3 is 9.84 Å². The van der Waals surface area contributed by atoms with Gasteiger partial charge in [-0.2, -0.15) is 0 Å². The average molecular weight is 271 g/mol. The fourth-order valence-electron chi connectivity index (χ4n) is 1.32. The van der Waals surface area contributed by atoms with E-state index in [4.69, 9.17) is 9.84 Å². The summed E-state index contributed by atoms with van der Waals surface area (Å²) < 4.78 is 4.95. The van der Waals surface area contributed by atoms with E-state index in [1.807, 2.05) is 0 Å². The van der Waals surface area contributed by atoms with Crippen molar-refractivity contribution in [2.75, 3.05) is 7.11 Å². The number of methoxy groups -OCH3 is 1. The number of aromatic carboxylic acids is 1. The summed E-state index contributed by atoms with van der Waals surface area (Å²) in [7, 11) is 1.46. The van der Waals surface area contributed by atoms with Gasteiger partial charge in [-0.3, -0.25) is 0 Å². The van der Waals surface area contributed by atoms with Gasteiger partial charge in [-0.05, 0) is 12.1 Å². The number of rotatable bonds is 3. The third-order valence-electron chi connectivity index (χ3n) is 2.09. The summed E-state index contributed by atoms with van der Waals surface area (Å²) in [6.07, 6.45) is 3.05. The molecular formula is C11H10KN3O3. The molecule has 1 N–H and O–H groups in total. The first kappa shape index (κ1) is 15.2. The maximum atomic E-state index is 11.1. The second-order valence-electron chi connectivity index (χ2n) is 3.13. The number of carboxylic acid groups (broad SMARTS) is 1. The SMILES string of the molecule is COc1ccc(C(=O)O)c(-c2ncccn2)n1.[KH]. The molecule has 0 aliphatic heterocycles. The van der Waals surface area contributed by atoms with E-state index in [0.29, 0.717) is 5.88 Å². The number of carboxylic acids is 1. The van der Waals surface area contributed by atoms with Gasteiger partial charge in [0.05, 0.1) is 12.7 Å². The van der Waals surface area contributed by atoms with Gasteiger partial charge in [0, 0.05) is 18.5 Å². The molecule has 7 heteroatoms. The number of aromatic nitrogens is 3. The Morgan fingerprint density at radius 2 is 1.94 bits per heavy atom. The van der Waals surface area contributed by atoms with E-state index in [1.54, 1.807) is 6.07 Å². The molecule has 0 aliphatic carbocycles. The fourth-order valence-corrected chi connectivity index (χ4v) is 1.32. The second-order valence-corrected chi connectivity index (χ2v) is 3.13. The molecule has 0 saturated heterocycles. The monoisotopic (exact) mass is 271 g/mol. The van der Waals surface area contributed by atoms with Gasteiger partial charge in [-0.1, -0.05) is 0 Å². The van der Waals surface area contributed by atoms with E-state index in [0.717, 1.165) is 0 Å². The van der Waals surface area contributed by atoms with Crippen molar-refractivity contribution in [3.63, 3.8) is 0 Å². The molecule has 0 saturated carbocycles. The van der Waals surface area contributed by atoms with Crippen molar-refractivity contribution in [2.45, 2.75) is 0 Å². The molecule has 88 valence electrons. The van der Waals surface area contributed by atoms with Crippen LogP contribution in [0.5, 0.6) is 5.88 Å². The quantitative estimate of drug-likeness (QED) is 0.823. The molecule has 0 bridgehead atoms. The Labute approximate surface area is 146 Å². The standard InChI is InChI=1S/C11H9N3O3.K.H/c1-17-8-4-3-7(11(15)16)9(14-8)10-12-5-2-6-13-10;;/h2-6H,1H3,(H,15,16);;. The van der Waals surface area contributed by atoms with Crippen molar-refractivity contribution in [3.8, 4) is 17.4 Å². The first-order valence-electron chi connectivity index (χ1n) is 4.78. The van der Waals surface area contributed by atoms with Crippen molar-refractivity contribution in [3.05, 3.63) is 36.2 Å². The van der Waals surface area contributed by atoms with Crippen molar-refractivity contribution in [2.24, 2.45) is 0 Å². The molecule has 2 aromatic rings. The normalized spacial score (nSPS) is 9.39. The van der Waals surface area contributed by atoms with Crippen LogP contribution in [0.2, 0.25) is 0 Å². The zero-order valence-electron chi connectivity index (χ0n) is 8.99. The van der Waals surface area contributed by atoms with Gasteiger partial charge in [-0.15, -0.1) is 0 Å². The average Bonchev–Trinajstić information content (AvgIpc) is 2.39. The Kier molecular flexibility index (Phi) is 5.83. The van der Waals surface area contributed by atoms with Crippen molar-refractivity contribution in [1.29, 1.82) is 0 Å². The van der Waals surface area contributed by atoms with Gasteiger partial charge in [0.25, 0.3) is 0 Å². The first-order chi connectivity index (χ1) is 8.22. The van der Waals surface area contributed by atoms with Crippen LogP contribution in [-0.2, 0) is 0 Å². The Bertz CT molecular complexity index is 548. The Hall–Kier alpha value is -0.864. The van der Waals surface area contributed by atoms with Crippen molar-refractivity contribution in [1.82, 2.24) is 15.0 Å². The zero-order valence-corrected chi connectivity index (χ0v) is 8.99. The molecule has 18 heavy (non-hydrogen) atoms. The van der Waals surface area contributed by atoms with E-state index < -0.39 is 5.97 Å². The van der Waals surface area contributed by atoms with Crippen LogP contribution < -0.4 is 4.74 Å². The molecule has 0 radical (unpaired) electrons. The number of hydrogen-bond donors (Lipinski definition) is 1. The van der Waals surface area contributed by atoms with Crippen LogP contribution in [0, 0.1) is 0 Å². The van der Waals surface area contributed by atoms with E-state index >= 15 is 0 Å². The summed E-state index contributed by atoms with van der Waals surface area (Å²) in [6.45, 7) is 0. The zero-order chi connectivity index (χ0) is 12.3. The molecule has 0 unspecified atom stereocenters. The molecule has 2 aromatic heterocycles. The Balaban J connectivity index is 0.00000162. The molecule has 0 amide bonds. The molecule has 0 atom stereocenters. The Morgan fingerprint density at radius 1 is 1.28 bits per heavy atom. The van der Waals surface area contributed by atoms with Crippen LogP contribution in [0.25, 0.3) is 11.5 Å².